The molecule has 9 heteroatoms. The van der Waals surface area contributed by atoms with Gasteiger partial charge < -0.3 is 9.73 Å². The summed E-state index contributed by atoms with van der Waals surface area (Å²) in [5, 5.41) is 16.8. The van der Waals surface area contributed by atoms with Crippen molar-refractivity contribution in [1.29, 1.82) is 0 Å². The second-order valence-electron chi connectivity index (χ2n) is 7.03. The van der Waals surface area contributed by atoms with Crippen molar-refractivity contribution >= 4 is 44.7 Å². The van der Waals surface area contributed by atoms with Crippen molar-refractivity contribution in [1.82, 2.24) is 20.0 Å². The van der Waals surface area contributed by atoms with Crippen LogP contribution in [0.3, 0.4) is 0 Å². The molecule has 0 saturated heterocycles. The molecule has 154 valence electrons. The number of carbonyl (C=O) groups is 1. The standard InChI is InChI=1S/C22H16ClN5O2S/c1-12-6-7-14(21-26-24-11-30-21)8-18(12)25-20(29)19-10-17-13(2)27-28(22(17)31-19)16-5-3-4-15(23)9-16/h3-11H,1-2H3,(H,25,29). The Bertz CT molecular complexity index is 1420. The molecule has 0 bridgehead atoms. The molecule has 7 nitrogen and oxygen atoms in total. The predicted molar refractivity (Wildman–Crippen MR) is 121 cm³/mol. The second-order valence-corrected chi connectivity index (χ2v) is 8.50. The lowest BCUT2D eigenvalue weighted by Gasteiger charge is -2.08. The number of hydrogen-bond donors (Lipinski definition) is 1. The Labute approximate surface area is 186 Å². The maximum Gasteiger partial charge on any atom is 0.265 e. The van der Waals surface area contributed by atoms with E-state index in [-0.39, 0.29) is 5.91 Å². The van der Waals surface area contributed by atoms with E-state index in [1.165, 1.54) is 17.7 Å². The van der Waals surface area contributed by atoms with Crippen LogP contribution in [-0.2, 0) is 0 Å². The van der Waals surface area contributed by atoms with Crippen molar-refractivity contribution in [2.75, 3.05) is 5.32 Å². The lowest BCUT2D eigenvalue weighted by Crippen LogP contribution is -2.11. The van der Waals surface area contributed by atoms with Crippen molar-refractivity contribution in [3.05, 3.63) is 76.1 Å². The first-order valence-electron chi connectivity index (χ1n) is 9.43. The number of carbonyl (C=O) groups excluding carboxylic acids is 1. The number of fused-ring (bicyclic) bond motifs is 1. The number of rotatable bonds is 4. The van der Waals surface area contributed by atoms with Gasteiger partial charge in [0.1, 0.15) is 4.83 Å². The van der Waals surface area contributed by atoms with E-state index in [1.807, 2.05) is 67.1 Å². The van der Waals surface area contributed by atoms with Crippen LogP contribution in [0.4, 0.5) is 5.69 Å². The Morgan fingerprint density at radius 3 is 2.81 bits per heavy atom. The van der Waals surface area contributed by atoms with Gasteiger partial charge >= 0.3 is 0 Å². The summed E-state index contributed by atoms with van der Waals surface area (Å²) in [4.78, 5) is 14.5. The van der Waals surface area contributed by atoms with Gasteiger partial charge in [-0.15, -0.1) is 21.5 Å². The SMILES string of the molecule is Cc1ccc(-c2nnco2)cc1NC(=O)c1cc2c(C)nn(-c3cccc(Cl)c3)c2s1. The molecule has 1 N–H and O–H groups in total. The van der Waals surface area contributed by atoms with E-state index in [1.54, 1.807) is 0 Å². The van der Waals surface area contributed by atoms with Crippen LogP contribution in [0.1, 0.15) is 20.9 Å². The lowest BCUT2D eigenvalue weighted by atomic mass is 10.1. The van der Waals surface area contributed by atoms with Gasteiger partial charge in [-0.3, -0.25) is 4.79 Å². The molecular weight excluding hydrogens is 434 g/mol. The minimum atomic E-state index is -0.191. The van der Waals surface area contributed by atoms with Crippen molar-refractivity contribution in [2.24, 2.45) is 0 Å². The van der Waals surface area contributed by atoms with Crippen LogP contribution in [-0.4, -0.2) is 25.9 Å². The molecule has 0 radical (unpaired) electrons. The number of amides is 1. The van der Waals surface area contributed by atoms with E-state index >= 15 is 0 Å². The van der Waals surface area contributed by atoms with Gasteiger partial charge in [0, 0.05) is 21.7 Å². The van der Waals surface area contributed by atoms with Gasteiger partial charge in [-0.05, 0) is 55.8 Å². The minimum absolute atomic E-state index is 0.191. The number of halogens is 1. The fourth-order valence-electron chi connectivity index (χ4n) is 3.31. The fourth-order valence-corrected chi connectivity index (χ4v) is 4.58. The van der Waals surface area contributed by atoms with Gasteiger partial charge in [-0.25, -0.2) is 4.68 Å². The van der Waals surface area contributed by atoms with E-state index in [0.717, 1.165) is 32.7 Å². The van der Waals surface area contributed by atoms with Gasteiger partial charge in [0.15, 0.2) is 0 Å². The van der Waals surface area contributed by atoms with Crippen LogP contribution in [0, 0.1) is 13.8 Å². The predicted octanol–water partition coefficient (Wildman–Crippen LogP) is 5.66. The largest absolute Gasteiger partial charge is 0.423 e. The summed E-state index contributed by atoms with van der Waals surface area (Å²) in [6, 6.07) is 14.9. The first-order chi connectivity index (χ1) is 15.0. The van der Waals surface area contributed by atoms with Gasteiger partial charge in [-0.1, -0.05) is 23.7 Å². The number of aromatic nitrogens is 4. The summed E-state index contributed by atoms with van der Waals surface area (Å²) in [5.74, 6) is 0.207. The Kier molecular flexibility index (Phi) is 4.80. The molecule has 1 amide bonds. The number of aryl methyl sites for hydroxylation is 2. The molecule has 5 aromatic rings. The smallest absolute Gasteiger partial charge is 0.265 e. The number of nitrogens with zero attached hydrogens (tertiary/aromatic N) is 4. The van der Waals surface area contributed by atoms with Crippen molar-refractivity contribution < 1.29 is 9.21 Å². The quantitative estimate of drug-likeness (QED) is 0.382. The number of nitrogens with one attached hydrogen (secondary N) is 1. The van der Waals surface area contributed by atoms with Crippen LogP contribution in [0.5, 0.6) is 0 Å². The summed E-state index contributed by atoms with van der Waals surface area (Å²) >= 11 is 7.53. The molecule has 31 heavy (non-hydrogen) atoms. The highest BCUT2D eigenvalue weighted by molar-refractivity contribution is 7.20. The Balaban J connectivity index is 1.49. The average molecular weight is 450 g/mol. The molecule has 3 heterocycles. The molecule has 0 saturated carbocycles. The molecule has 0 atom stereocenters. The van der Waals surface area contributed by atoms with Crippen LogP contribution in [0.25, 0.3) is 27.4 Å². The van der Waals surface area contributed by atoms with Crippen LogP contribution in [0.15, 0.2) is 59.3 Å². The van der Waals surface area contributed by atoms with Crippen LogP contribution in [0.2, 0.25) is 5.02 Å². The van der Waals surface area contributed by atoms with Crippen LogP contribution < -0.4 is 5.32 Å². The van der Waals surface area contributed by atoms with Crippen molar-refractivity contribution in [3.8, 4) is 17.1 Å². The summed E-state index contributed by atoms with van der Waals surface area (Å²) in [6.07, 6.45) is 1.27. The Hall–Kier alpha value is -3.49. The fraction of sp³-hybridized carbons (Fsp3) is 0.0909. The number of anilines is 1. The molecular formula is C22H16ClN5O2S. The molecule has 0 aliphatic carbocycles. The Morgan fingerprint density at radius 1 is 1.16 bits per heavy atom. The molecule has 0 aliphatic heterocycles. The maximum atomic E-state index is 13.0. The highest BCUT2D eigenvalue weighted by Crippen LogP contribution is 2.32. The lowest BCUT2D eigenvalue weighted by molar-refractivity contribution is 0.103. The topological polar surface area (TPSA) is 85.8 Å². The zero-order chi connectivity index (χ0) is 21.5. The third-order valence-electron chi connectivity index (χ3n) is 4.91. The average Bonchev–Trinajstić information content (AvgIpc) is 3.48. The van der Waals surface area contributed by atoms with E-state index in [0.29, 0.717) is 21.5 Å². The molecule has 5 rings (SSSR count). The second kappa shape index (κ2) is 7.64. The number of hydrogen-bond acceptors (Lipinski definition) is 6. The van der Waals surface area contributed by atoms with Gasteiger partial charge in [0.25, 0.3) is 5.91 Å². The Morgan fingerprint density at radius 2 is 2.03 bits per heavy atom. The third kappa shape index (κ3) is 3.60. The zero-order valence-corrected chi connectivity index (χ0v) is 18.2. The summed E-state index contributed by atoms with van der Waals surface area (Å²) < 4.78 is 7.08. The van der Waals surface area contributed by atoms with Gasteiger partial charge in [-0.2, -0.15) is 5.10 Å². The molecule has 0 spiro atoms. The number of benzene rings is 2. The van der Waals surface area contributed by atoms with Crippen molar-refractivity contribution in [3.63, 3.8) is 0 Å². The third-order valence-corrected chi connectivity index (χ3v) is 6.26. The molecule has 0 fully saturated rings. The molecule has 0 aliphatic rings. The van der Waals surface area contributed by atoms with Crippen LogP contribution >= 0.6 is 22.9 Å². The molecule has 2 aromatic carbocycles. The van der Waals surface area contributed by atoms with E-state index in [9.17, 15) is 4.79 Å². The summed E-state index contributed by atoms with van der Waals surface area (Å²) in [5.41, 5.74) is 4.05. The van der Waals surface area contributed by atoms with E-state index in [2.05, 4.69) is 20.6 Å². The van der Waals surface area contributed by atoms with E-state index < -0.39 is 0 Å². The van der Waals surface area contributed by atoms with Crippen molar-refractivity contribution in [2.45, 2.75) is 13.8 Å². The summed E-state index contributed by atoms with van der Waals surface area (Å²) in [6.45, 7) is 3.86. The molecule has 0 unspecified atom stereocenters. The van der Waals surface area contributed by atoms with Gasteiger partial charge in [0.05, 0.1) is 16.3 Å². The summed E-state index contributed by atoms with van der Waals surface area (Å²) in [7, 11) is 0. The van der Waals surface area contributed by atoms with Gasteiger partial charge in [0.2, 0.25) is 12.3 Å². The number of thiophene rings is 1. The zero-order valence-electron chi connectivity index (χ0n) is 16.6. The normalized spacial score (nSPS) is 11.2. The minimum Gasteiger partial charge on any atom is -0.423 e. The maximum absolute atomic E-state index is 13.0. The first-order valence-corrected chi connectivity index (χ1v) is 10.6. The monoisotopic (exact) mass is 449 g/mol. The highest BCUT2D eigenvalue weighted by atomic mass is 35.5. The highest BCUT2D eigenvalue weighted by Gasteiger charge is 2.18. The first kappa shape index (κ1) is 19.5. The van der Waals surface area contributed by atoms with E-state index in [4.69, 9.17) is 16.0 Å². The molecule has 3 aromatic heterocycles.